The molecule has 2 nitrogen and oxygen atoms in total. The highest BCUT2D eigenvalue weighted by molar-refractivity contribution is 9.11. The molecule has 0 saturated heterocycles. The summed E-state index contributed by atoms with van der Waals surface area (Å²) in [5, 5.41) is 8.94. The summed E-state index contributed by atoms with van der Waals surface area (Å²) in [7, 11) is 0. The molecule has 0 rings (SSSR count). The summed E-state index contributed by atoms with van der Waals surface area (Å²) in [6, 6.07) is 0. The highest BCUT2D eigenvalue weighted by atomic mass is 79.9. The topological polar surface area (TPSA) is 32.6 Å². The summed E-state index contributed by atoms with van der Waals surface area (Å²) < 4.78 is 0.744. The minimum atomic E-state index is 0.173. The minimum absolute atomic E-state index is 0.173. The average Bonchev–Trinajstić information content (AvgIpc) is 2.01. The molecule has 0 aromatic rings. The van der Waals surface area contributed by atoms with Gasteiger partial charge in [0.1, 0.15) is 10.4 Å². The second-order valence-corrected chi connectivity index (χ2v) is 2.72. The van der Waals surface area contributed by atoms with Crippen molar-refractivity contribution in [3.63, 3.8) is 0 Å². The van der Waals surface area contributed by atoms with E-state index >= 15 is 0 Å². The molecule has 0 atom stereocenters. The van der Waals surface area contributed by atoms with Gasteiger partial charge in [-0.3, -0.25) is 0 Å². The second-order valence-electron chi connectivity index (χ2n) is 1.91. The molecule has 0 spiro atoms. The molecule has 0 aliphatic heterocycles. The van der Waals surface area contributed by atoms with Crippen molar-refractivity contribution in [1.29, 1.82) is 0 Å². The van der Waals surface area contributed by atoms with Crippen LogP contribution in [0.2, 0.25) is 0 Å². The first-order chi connectivity index (χ1) is 5.20. The highest BCUT2D eigenvalue weighted by Crippen LogP contribution is 2.06. The molecule has 3 heteroatoms. The molecule has 0 fully saturated rings. The molecule has 0 bridgehead atoms. The maximum Gasteiger partial charge on any atom is 0.129 e. The summed E-state index contributed by atoms with van der Waals surface area (Å²) in [6.45, 7) is 3.77. The van der Waals surface area contributed by atoms with Crippen LogP contribution in [-0.4, -0.2) is 11.3 Å². The number of hydrogen-bond donors (Lipinski definition) is 1. The van der Waals surface area contributed by atoms with E-state index in [2.05, 4.69) is 20.9 Å². The Bertz CT molecular complexity index is 194. The standard InChI is InChI=1S/C8H12BrNO/c1-3-5-8(9)10-6-7(11)4-2/h4-6,11H,3H2,1-2H3/b7-4+,8-5+,10-6-. The number of aliphatic imine (C=N–C) groups is 1. The third-order valence-corrected chi connectivity index (χ3v) is 1.52. The smallest absolute Gasteiger partial charge is 0.129 e. The lowest BCUT2D eigenvalue weighted by Crippen LogP contribution is -1.79. The van der Waals surface area contributed by atoms with Gasteiger partial charge in [0.2, 0.25) is 0 Å². The van der Waals surface area contributed by atoms with Gasteiger partial charge >= 0.3 is 0 Å². The van der Waals surface area contributed by atoms with E-state index in [1.807, 2.05) is 13.0 Å². The first kappa shape index (κ1) is 10.4. The number of allylic oxidation sites excluding steroid dienone is 3. The zero-order valence-corrected chi connectivity index (χ0v) is 8.30. The van der Waals surface area contributed by atoms with Crippen molar-refractivity contribution in [1.82, 2.24) is 0 Å². The van der Waals surface area contributed by atoms with E-state index in [0.29, 0.717) is 0 Å². The van der Waals surface area contributed by atoms with Crippen LogP contribution in [0.25, 0.3) is 0 Å². The molecular weight excluding hydrogens is 206 g/mol. The van der Waals surface area contributed by atoms with Crippen molar-refractivity contribution < 1.29 is 5.11 Å². The van der Waals surface area contributed by atoms with Crippen LogP contribution in [0, 0.1) is 0 Å². The zero-order chi connectivity index (χ0) is 8.69. The molecule has 0 aliphatic carbocycles. The van der Waals surface area contributed by atoms with Crippen LogP contribution < -0.4 is 0 Å². The quantitative estimate of drug-likeness (QED) is 0.440. The molecule has 1 N–H and O–H groups in total. The summed E-state index contributed by atoms with van der Waals surface area (Å²) >= 11 is 3.22. The summed E-state index contributed by atoms with van der Waals surface area (Å²) in [5.74, 6) is 0.173. The van der Waals surface area contributed by atoms with Crippen LogP contribution in [0.4, 0.5) is 0 Å². The Kier molecular flexibility index (Phi) is 5.84. The minimum Gasteiger partial charge on any atom is -0.507 e. The summed E-state index contributed by atoms with van der Waals surface area (Å²) in [5.41, 5.74) is 0. The van der Waals surface area contributed by atoms with E-state index in [9.17, 15) is 0 Å². The Morgan fingerprint density at radius 2 is 2.27 bits per heavy atom. The zero-order valence-electron chi connectivity index (χ0n) is 6.71. The first-order valence-corrected chi connectivity index (χ1v) is 4.25. The molecule has 0 aromatic heterocycles. The van der Waals surface area contributed by atoms with E-state index in [1.165, 1.54) is 6.21 Å². The predicted octanol–water partition coefficient (Wildman–Crippen LogP) is 3.17. The Hall–Kier alpha value is -0.570. The number of aliphatic hydroxyl groups is 1. The van der Waals surface area contributed by atoms with E-state index in [-0.39, 0.29) is 5.76 Å². The maximum absolute atomic E-state index is 8.94. The van der Waals surface area contributed by atoms with Crippen molar-refractivity contribution in [3.05, 3.63) is 22.5 Å². The van der Waals surface area contributed by atoms with Crippen LogP contribution in [-0.2, 0) is 0 Å². The Balaban J connectivity index is 4.03. The van der Waals surface area contributed by atoms with Gasteiger partial charge in [0, 0.05) is 0 Å². The molecule has 11 heavy (non-hydrogen) atoms. The molecule has 0 amide bonds. The monoisotopic (exact) mass is 217 g/mol. The van der Waals surface area contributed by atoms with Gasteiger partial charge in [0.15, 0.2) is 0 Å². The van der Waals surface area contributed by atoms with Crippen LogP contribution in [0.15, 0.2) is 27.5 Å². The fraction of sp³-hybridized carbons (Fsp3) is 0.375. The van der Waals surface area contributed by atoms with Crippen LogP contribution in [0.5, 0.6) is 0 Å². The van der Waals surface area contributed by atoms with E-state index < -0.39 is 0 Å². The largest absolute Gasteiger partial charge is 0.507 e. The SMILES string of the molecule is C\C=C(O)/C=N\C(Br)=C\CC. The first-order valence-electron chi connectivity index (χ1n) is 3.45. The summed E-state index contributed by atoms with van der Waals surface area (Å²) in [4.78, 5) is 3.92. The molecule has 0 unspecified atom stereocenters. The lowest BCUT2D eigenvalue weighted by atomic mass is 10.5. The lowest BCUT2D eigenvalue weighted by Gasteiger charge is -1.88. The highest BCUT2D eigenvalue weighted by Gasteiger charge is 1.84. The third-order valence-electron chi connectivity index (χ3n) is 0.988. The van der Waals surface area contributed by atoms with Crippen molar-refractivity contribution in [2.75, 3.05) is 0 Å². The van der Waals surface area contributed by atoms with Gasteiger partial charge in [0.05, 0.1) is 6.21 Å². The average molecular weight is 218 g/mol. The number of aliphatic hydroxyl groups excluding tert-OH is 1. The molecule has 62 valence electrons. The van der Waals surface area contributed by atoms with Crippen molar-refractivity contribution >= 4 is 22.1 Å². The fourth-order valence-electron chi connectivity index (χ4n) is 0.423. The van der Waals surface area contributed by atoms with Crippen molar-refractivity contribution in [3.8, 4) is 0 Å². The van der Waals surface area contributed by atoms with Crippen LogP contribution in [0.1, 0.15) is 20.3 Å². The van der Waals surface area contributed by atoms with Crippen LogP contribution in [0.3, 0.4) is 0 Å². The number of nitrogens with zero attached hydrogens (tertiary/aromatic N) is 1. The maximum atomic E-state index is 8.94. The molecular formula is C8H12BrNO. The second kappa shape index (κ2) is 6.16. The normalized spacial score (nSPS) is 14.5. The van der Waals surface area contributed by atoms with Gasteiger partial charge in [-0.25, -0.2) is 4.99 Å². The fourth-order valence-corrected chi connectivity index (χ4v) is 0.850. The van der Waals surface area contributed by atoms with Crippen molar-refractivity contribution in [2.24, 2.45) is 4.99 Å². The third kappa shape index (κ3) is 5.85. The molecule has 0 aromatic carbocycles. The molecule has 0 aliphatic rings. The Morgan fingerprint density at radius 1 is 1.64 bits per heavy atom. The van der Waals surface area contributed by atoms with Gasteiger partial charge in [-0.15, -0.1) is 0 Å². The van der Waals surface area contributed by atoms with Gasteiger partial charge in [-0.1, -0.05) is 13.0 Å². The van der Waals surface area contributed by atoms with Crippen molar-refractivity contribution in [2.45, 2.75) is 20.3 Å². The predicted molar refractivity (Wildman–Crippen MR) is 52.2 cm³/mol. The van der Waals surface area contributed by atoms with Gasteiger partial charge in [-0.05, 0) is 35.4 Å². The van der Waals surface area contributed by atoms with Gasteiger partial charge < -0.3 is 5.11 Å². The van der Waals surface area contributed by atoms with E-state index in [1.54, 1.807) is 13.0 Å². The summed E-state index contributed by atoms with van der Waals surface area (Å²) in [6.07, 6.45) is 5.82. The Labute approximate surface area is 75.5 Å². The van der Waals surface area contributed by atoms with E-state index in [4.69, 9.17) is 5.11 Å². The van der Waals surface area contributed by atoms with Gasteiger partial charge in [0.25, 0.3) is 0 Å². The van der Waals surface area contributed by atoms with Gasteiger partial charge in [-0.2, -0.15) is 0 Å². The number of hydrogen-bond acceptors (Lipinski definition) is 2. The molecule has 0 saturated carbocycles. The number of halogens is 1. The lowest BCUT2D eigenvalue weighted by molar-refractivity contribution is 0.445. The Morgan fingerprint density at radius 3 is 2.73 bits per heavy atom. The molecule has 0 radical (unpaired) electrons. The number of rotatable bonds is 3. The molecule has 0 heterocycles. The van der Waals surface area contributed by atoms with Crippen LogP contribution >= 0.6 is 15.9 Å². The van der Waals surface area contributed by atoms with E-state index in [0.717, 1.165) is 11.0 Å².